The van der Waals surface area contributed by atoms with E-state index in [4.69, 9.17) is 9.47 Å². The summed E-state index contributed by atoms with van der Waals surface area (Å²) in [6, 6.07) is 0. The molecule has 0 N–H and O–H groups in total. The van der Waals surface area contributed by atoms with Gasteiger partial charge in [-0.2, -0.15) is 0 Å². The molecule has 3 atom stereocenters. The Labute approximate surface area is 90.4 Å². The van der Waals surface area contributed by atoms with E-state index < -0.39 is 0 Å². The van der Waals surface area contributed by atoms with Gasteiger partial charge in [-0.1, -0.05) is 13.8 Å². The lowest BCUT2D eigenvalue weighted by atomic mass is 9.84. The van der Waals surface area contributed by atoms with Gasteiger partial charge in [0.1, 0.15) is 5.76 Å². The van der Waals surface area contributed by atoms with Crippen molar-refractivity contribution in [2.75, 3.05) is 6.61 Å². The zero-order chi connectivity index (χ0) is 11.0. The molecule has 0 saturated heterocycles. The van der Waals surface area contributed by atoms with Crippen molar-refractivity contribution in [2.45, 2.75) is 39.9 Å². The third-order valence-electron chi connectivity index (χ3n) is 3.12. The molecular formula is C12H18O3. The molecule has 0 aromatic carbocycles. The maximum Gasteiger partial charge on any atom is 0.206 e. The van der Waals surface area contributed by atoms with Crippen LogP contribution < -0.4 is 0 Å². The largest absolute Gasteiger partial charge is 0.468 e. The summed E-state index contributed by atoms with van der Waals surface area (Å²) in [7, 11) is 0. The highest BCUT2D eigenvalue weighted by Crippen LogP contribution is 2.40. The van der Waals surface area contributed by atoms with Gasteiger partial charge in [0, 0.05) is 25.0 Å². The minimum atomic E-state index is -0.241. The van der Waals surface area contributed by atoms with Gasteiger partial charge in [-0.3, -0.25) is 4.79 Å². The quantitative estimate of drug-likeness (QED) is 0.701. The van der Waals surface area contributed by atoms with Crippen LogP contribution in [0, 0.1) is 11.8 Å². The number of rotatable bonds is 2. The molecule has 0 bridgehead atoms. The Hall–Kier alpha value is -0.830. The van der Waals surface area contributed by atoms with Gasteiger partial charge in [0.25, 0.3) is 0 Å². The van der Waals surface area contributed by atoms with Crippen LogP contribution in [-0.2, 0) is 14.3 Å². The average Bonchev–Trinajstić information content (AvgIpc) is 2.43. The highest BCUT2D eigenvalue weighted by atomic mass is 16.7. The van der Waals surface area contributed by atoms with Crippen LogP contribution in [0.5, 0.6) is 0 Å². The molecular weight excluding hydrogens is 192 g/mol. The fourth-order valence-electron chi connectivity index (χ4n) is 2.42. The van der Waals surface area contributed by atoms with Crippen molar-refractivity contribution < 1.29 is 14.3 Å². The van der Waals surface area contributed by atoms with Crippen LogP contribution in [0.1, 0.15) is 33.6 Å². The van der Waals surface area contributed by atoms with Gasteiger partial charge >= 0.3 is 0 Å². The summed E-state index contributed by atoms with van der Waals surface area (Å²) in [5.41, 5.74) is 0.881. The van der Waals surface area contributed by atoms with Crippen LogP contribution in [-0.4, -0.2) is 18.7 Å². The SMILES string of the molecule is CCO[C@@H]1OC2=C(C(=O)C[C@@H](C)C2)[C@@H]1C. The third kappa shape index (κ3) is 1.81. The molecule has 3 nitrogen and oxygen atoms in total. The Morgan fingerprint density at radius 3 is 2.80 bits per heavy atom. The van der Waals surface area contributed by atoms with Gasteiger partial charge in [-0.05, 0) is 12.8 Å². The molecule has 0 radical (unpaired) electrons. The highest BCUT2D eigenvalue weighted by Gasteiger charge is 2.40. The number of allylic oxidation sites excluding steroid dienone is 1. The van der Waals surface area contributed by atoms with Crippen molar-refractivity contribution in [3.05, 3.63) is 11.3 Å². The first-order chi connectivity index (χ1) is 7.13. The summed E-state index contributed by atoms with van der Waals surface area (Å²) in [6.45, 7) is 6.66. The molecule has 0 saturated carbocycles. The normalized spacial score (nSPS) is 35.4. The maximum atomic E-state index is 11.9. The molecule has 15 heavy (non-hydrogen) atoms. The fourth-order valence-corrected chi connectivity index (χ4v) is 2.42. The van der Waals surface area contributed by atoms with Gasteiger partial charge < -0.3 is 9.47 Å². The predicted molar refractivity (Wildman–Crippen MR) is 56.1 cm³/mol. The molecule has 3 heteroatoms. The van der Waals surface area contributed by atoms with Crippen LogP contribution in [0.15, 0.2) is 11.3 Å². The van der Waals surface area contributed by atoms with Crippen LogP contribution in [0.2, 0.25) is 0 Å². The molecule has 0 aromatic heterocycles. The first kappa shape index (κ1) is 10.7. The summed E-state index contributed by atoms with van der Waals surface area (Å²) >= 11 is 0. The van der Waals surface area contributed by atoms with E-state index in [0.29, 0.717) is 18.9 Å². The number of ether oxygens (including phenoxy) is 2. The second kappa shape index (κ2) is 3.97. The molecule has 1 heterocycles. The first-order valence-electron chi connectivity index (χ1n) is 5.68. The van der Waals surface area contributed by atoms with Gasteiger partial charge in [0.2, 0.25) is 6.29 Å². The second-order valence-electron chi connectivity index (χ2n) is 4.50. The van der Waals surface area contributed by atoms with Crippen molar-refractivity contribution in [3.63, 3.8) is 0 Å². The lowest BCUT2D eigenvalue weighted by Crippen LogP contribution is -2.22. The fraction of sp³-hybridized carbons (Fsp3) is 0.750. The molecule has 84 valence electrons. The van der Waals surface area contributed by atoms with Crippen LogP contribution in [0.25, 0.3) is 0 Å². The number of hydrogen-bond acceptors (Lipinski definition) is 3. The van der Waals surface area contributed by atoms with Crippen molar-refractivity contribution >= 4 is 5.78 Å². The summed E-state index contributed by atoms with van der Waals surface area (Å²) in [6.07, 6.45) is 1.30. The standard InChI is InChI=1S/C12H18O3/c1-4-14-12-8(3)11-9(13)5-7(2)6-10(11)15-12/h7-8,12H,4-6H2,1-3H3/t7-,8+,12-/m1/s1. The summed E-state index contributed by atoms with van der Waals surface area (Å²) in [5.74, 6) is 1.63. The Morgan fingerprint density at radius 1 is 1.40 bits per heavy atom. The molecule has 0 fully saturated rings. The Bertz CT molecular complexity index is 306. The van der Waals surface area contributed by atoms with E-state index in [2.05, 4.69) is 6.92 Å². The van der Waals surface area contributed by atoms with Crippen molar-refractivity contribution in [1.82, 2.24) is 0 Å². The molecule has 0 amide bonds. The molecule has 1 aliphatic heterocycles. The smallest absolute Gasteiger partial charge is 0.206 e. The number of ketones is 1. The number of carbonyl (C=O) groups excluding carboxylic acids is 1. The molecule has 2 rings (SSSR count). The summed E-state index contributed by atoms with van der Waals surface area (Å²) in [4.78, 5) is 11.9. The predicted octanol–water partition coefficient (Wildman–Crippen LogP) is 2.27. The Kier molecular flexibility index (Phi) is 2.83. The minimum Gasteiger partial charge on any atom is -0.468 e. The molecule has 0 spiro atoms. The van der Waals surface area contributed by atoms with E-state index in [1.54, 1.807) is 0 Å². The molecule has 2 aliphatic rings. The maximum absolute atomic E-state index is 11.9. The van der Waals surface area contributed by atoms with Gasteiger partial charge in [-0.15, -0.1) is 0 Å². The zero-order valence-electron chi connectivity index (χ0n) is 9.58. The van der Waals surface area contributed by atoms with E-state index >= 15 is 0 Å². The summed E-state index contributed by atoms with van der Waals surface area (Å²) in [5, 5.41) is 0. The van der Waals surface area contributed by atoms with Crippen molar-refractivity contribution in [3.8, 4) is 0 Å². The number of carbonyl (C=O) groups is 1. The summed E-state index contributed by atoms with van der Waals surface area (Å²) < 4.78 is 11.2. The average molecular weight is 210 g/mol. The van der Waals surface area contributed by atoms with E-state index in [1.807, 2.05) is 13.8 Å². The minimum absolute atomic E-state index is 0.0972. The lowest BCUT2D eigenvalue weighted by molar-refractivity contribution is -0.121. The molecule has 1 aliphatic carbocycles. The van der Waals surface area contributed by atoms with Crippen molar-refractivity contribution in [2.24, 2.45) is 11.8 Å². The number of hydrogen-bond donors (Lipinski definition) is 0. The third-order valence-corrected chi connectivity index (χ3v) is 3.12. The number of Topliss-reactive ketones (excluding diaryl/α,β-unsaturated/α-hetero) is 1. The molecule has 0 aromatic rings. The lowest BCUT2D eigenvalue weighted by Gasteiger charge is -2.18. The van der Waals surface area contributed by atoms with Crippen LogP contribution >= 0.6 is 0 Å². The van der Waals surface area contributed by atoms with E-state index in [-0.39, 0.29) is 18.0 Å². The highest BCUT2D eigenvalue weighted by molar-refractivity contribution is 5.97. The van der Waals surface area contributed by atoms with E-state index in [0.717, 1.165) is 17.8 Å². The second-order valence-corrected chi connectivity index (χ2v) is 4.50. The topological polar surface area (TPSA) is 35.5 Å². The monoisotopic (exact) mass is 210 g/mol. The van der Waals surface area contributed by atoms with Gasteiger partial charge in [0.15, 0.2) is 5.78 Å². The van der Waals surface area contributed by atoms with E-state index in [1.165, 1.54) is 0 Å². The van der Waals surface area contributed by atoms with Crippen LogP contribution in [0.4, 0.5) is 0 Å². The molecule has 0 unspecified atom stereocenters. The van der Waals surface area contributed by atoms with Gasteiger partial charge in [-0.25, -0.2) is 0 Å². The van der Waals surface area contributed by atoms with E-state index in [9.17, 15) is 4.79 Å². The zero-order valence-corrected chi connectivity index (χ0v) is 9.58. The Morgan fingerprint density at radius 2 is 2.13 bits per heavy atom. The first-order valence-corrected chi connectivity index (χ1v) is 5.68. The van der Waals surface area contributed by atoms with Crippen LogP contribution in [0.3, 0.4) is 0 Å². The van der Waals surface area contributed by atoms with Crippen molar-refractivity contribution in [1.29, 1.82) is 0 Å². The Balaban J connectivity index is 2.18. The van der Waals surface area contributed by atoms with Gasteiger partial charge in [0.05, 0.1) is 5.92 Å².